The molecule has 3 heterocycles. The van der Waals surface area contributed by atoms with Crippen molar-refractivity contribution in [2.75, 3.05) is 57.4 Å². The van der Waals surface area contributed by atoms with Crippen LogP contribution in [0.1, 0.15) is 19.3 Å². The van der Waals surface area contributed by atoms with Crippen LogP contribution in [0.5, 0.6) is 0 Å². The minimum atomic E-state index is -3.73. The van der Waals surface area contributed by atoms with Crippen molar-refractivity contribution in [2.24, 2.45) is 5.92 Å². The van der Waals surface area contributed by atoms with Crippen molar-refractivity contribution in [3.05, 3.63) is 54.3 Å². The first-order valence-corrected chi connectivity index (χ1v) is 14.9. The maximum Gasteiger partial charge on any atom is 0.243 e. The summed E-state index contributed by atoms with van der Waals surface area (Å²) in [7, 11) is -3.73. The summed E-state index contributed by atoms with van der Waals surface area (Å²) in [6.45, 7) is 5.21. The fraction of sp³-hybridized carbons (Fsp3) is 0.462. The van der Waals surface area contributed by atoms with E-state index in [-0.39, 0.29) is 29.8 Å². The molecule has 0 spiro atoms. The van der Waals surface area contributed by atoms with Crippen LogP contribution in [0, 0.1) is 11.7 Å². The van der Waals surface area contributed by atoms with E-state index < -0.39 is 15.8 Å². The highest BCUT2D eigenvalue weighted by molar-refractivity contribution is 7.89. The van der Waals surface area contributed by atoms with Gasteiger partial charge in [0.05, 0.1) is 28.3 Å². The van der Waals surface area contributed by atoms with Gasteiger partial charge in [-0.15, -0.1) is 0 Å². The van der Waals surface area contributed by atoms with E-state index in [1.807, 2.05) is 24.3 Å². The number of benzene rings is 2. The molecule has 0 N–H and O–H groups in total. The van der Waals surface area contributed by atoms with Gasteiger partial charge in [0.15, 0.2) is 5.13 Å². The SMILES string of the molecule is O=C(C1CCN(S(=O)(=O)c2ccc(F)cc2)CC1)N(CCCN1CCOCC1)c1nc2ccccc2s1. The van der Waals surface area contributed by atoms with Crippen LogP contribution in [0.25, 0.3) is 10.2 Å². The van der Waals surface area contributed by atoms with E-state index in [4.69, 9.17) is 9.72 Å². The van der Waals surface area contributed by atoms with Crippen molar-refractivity contribution in [3.8, 4) is 0 Å². The Bertz CT molecular complexity index is 1280. The van der Waals surface area contributed by atoms with Gasteiger partial charge in [0.1, 0.15) is 5.82 Å². The molecule has 2 saturated heterocycles. The van der Waals surface area contributed by atoms with E-state index in [0.717, 1.165) is 61.6 Å². The molecule has 2 aromatic carbocycles. The van der Waals surface area contributed by atoms with E-state index in [0.29, 0.717) is 24.5 Å². The molecule has 0 aliphatic carbocycles. The van der Waals surface area contributed by atoms with Crippen LogP contribution in [-0.2, 0) is 19.6 Å². The summed E-state index contributed by atoms with van der Waals surface area (Å²) < 4.78 is 47.1. The molecule has 0 saturated carbocycles. The fourth-order valence-corrected chi connectivity index (χ4v) is 7.34. The Kier molecular flexibility index (Phi) is 8.15. The summed E-state index contributed by atoms with van der Waals surface area (Å²) in [4.78, 5) is 22.7. The van der Waals surface area contributed by atoms with Crippen molar-refractivity contribution < 1.29 is 22.3 Å². The minimum Gasteiger partial charge on any atom is -0.379 e. The van der Waals surface area contributed by atoms with Crippen LogP contribution >= 0.6 is 11.3 Å². The molecule has 198 valence electrons. The molecular weight excluding hydrogens is 515 g/mol. The zero-order chi connectivity index (χ0) is 25.8. The predicted octanol–water partition coefficient (Wildman–Crippen LogP) is 3.59. The van der Waals surface area contributed by atoms with Gasteiger partial charge in [-0.2, -0.15) is 4.31 Å². The number of rotatable bonds is 8. The Balaban J connectivity index is 1.27. The Morgan fingerprint density at radius 3 is 2.46 bits per heavy atom. The molecule has 2 aliphatic rings. The third-order valence-corrected chi connectivity index (χ3v) is 9.97. The smallest absolute Gasteiger partial charge is 0.243 e. The number of ether oxygens (including phenoxy) is 1. The lowest BCUT2D eigenvalue weighted by molar-refractivity contribution is -0.123. The number of sulfonamides is 1. The second-order valence-corrected chi connectivity index (χ2v) is 12.3. The third kappa shape index (κ3) is 6.01. The van der Waals surface area contributed by atoms with Crippen LogP contribution in [0.2, 0.25) is 0 Å². The summed E-state index contributed by atoms with van der Waals surface area (Å²) >= 11 is 1.51. The zero-order valence-electron chi connectivity index (χ0n) is 20.6. The molecule has 0 atom stereocenters. The molecule has 8 nitrogen and oxygen atoms in total. The summed E-state index contributed by atoms with van der Waals surface area (Å²) in [5, 5.41) is 0.689. The van der Waals surface area contributed by atoms with Crippen molar-refractivity contribution in [1.82, 2.24) is 14.2 Å². The normalized spacial score (nSPS) is 18.3. The molecule has 11 heteroatoms. The molecule has 1 amide bonds. The molecular formula is C26H31FN4O4S2. The molecule has 0 unspecified atom stereocenters. The number of nitrogens with zero attached hydrogens (tertiary/aromatic N) is 4. The maximum absolute atomic E-state index is 13.8. The molecule has 2 fully saturated rings. The predicted molar refractivity (Wildman–Crippen MR) is 142 cm³/mol. The Morgan fingerprint density at radius 1 is 1.05 bits per heavy atom. The lowest BCUT2D eigenvalue weighted by atomic mass is 9.96. The minimum absolute atomic E-state index is 0.000126. The van der Waals surface area contributed by atoms with Gasteiger partial charge >= 0.3 is 0 Å². The van der Waals surface area contributed by atoms with Gasteiger partial charge in [-0.1, -0.05) is 23.5 Å². The molecule has 5 rings (SSSR count). The average Bonchev–Trinajstić information content (AvgIpc) is 3.36. The molecule has 0 bridgehead atoms. The van der Waals surface area contributed by atoms with Gasteiger partial charge < -0.3 is 4.74 Å². The topological polar surface area (TPSA) is 83.1 Å². The van der Waals surface area contributed by atoms with Gasteiger partial charge in [-0.25, -0.2) is 17.8 Å². The quantitative estimate of drug-likeness (QED) is 0.430. The van der Waals surface area contributed by atoms with Crippen molar-refractivity contribution >= 4 is 42.6 Å². The summed E-state index contributed by atoms with van der Waals surface area (Å²) in [5.74, 6) is -0.762. The first-order valence-electron chi connectivity index (χ1n) is 12.6. The van der Waals surface area contributed by atoms with Crippen LogP contribution in [0.15, 0.2) is 53.4 Å². The fourth-order valence-electron chi connectivity index (χ4n) is 4.87. The molecule has 2 aliphatic heterocycles. The lowest BCUT2D eigenvalue weighted by Gasteiger charge is -2.33. The van der Waals surface area contributed by atoms with Gasteiger partial charge in [-0.05, 0) is 55.7 Å². The number of halogens is 1. The van der Waals surface area contributed by atoms with E-state index in [9.17, 15) is 17.6 Å². The van der Waals surface area contributed by atoms with E-state index >= 15 is 0 Å². The van der Waals surface area contributed by atoms with Gasteiger partial charge in [0, 0.05) is 45.2 Å². The van der Waals surface area contributed by atoms with Crippen LogP contribution in [0.3, 0.4) is 0 Å². The third-order valence-electron chi connectivity index (χ3n) is 6.99. The summed E-state index contributed by atoms with van der Waals surface area (Å²) in [5.41, 5.74) is 0.869. The zero-order valence-corrected chi connectivity index (χ0v) is 22.2. The molecule has 0 radical (unpaired) electrons. The lowest BCUT2D eigenvalue weighted by Crippen LogP contribution is -2.45. The first kappa shape index (κ1) is 26.2. The number of carbonyl (C=O) groups is 1. The second-order valence-electron chi connectivity index (χ2n) is 9.39. The summed E-state index contributed by atoms with van der Waals surface area (Å²) in [6.07, 6.45) is 1.69. The Morgan fingerprint density at radius 2 is 1.76 bits per heavy atom. The monoisotopic (exact) mass is 546 g/mol. The van der Waals surface area contributed by atoms with E-state index in [2.05, 4.69) is 4.90 Å². The maximum atomic E-state index is 13.8. The number of thiazole rings is 1. The number of anilines is 1. The number of morpholine rings is 1. The number of hydrogen-bond donors (Lipinski definition) is 0. The molecule has 3 aromatic rings. The van der Waals surface area contributed by atoms with Crippen molar-refractivity contribution in [2.45, 2.75) is 24.2 Å². The molecule has 1 aromatic heterocycles. The van der Waals surface area contributed by atoms with Crippen molar-refractivity contribution in [1.29, 1.82) is 0 Å². The van der Waals surface area contributed by atoms with Crippen LogP contribution < -0.4 is 4.90 Å². The first-order chi connectivity index (χ1) is 17.9. The average molecular weight is 547 g/mol. The number of para-hydroxylation sites is 1. The van der Waals surface area contributed by atoms with Crippen LogP contribution in [0.4, 0.5) is 9.52 Å². The highest BCUT2D eigenvalue weighted by Crippen LogP contribution is 2.32. The number of carbonyl (C=O) groups excluding carboxylic acids is 1. The van der Waals surface area contributed by atoms with E-state index in [1.165, 1.54) is 27.8 Å². The number of piperidine rings is 1. The highest BCUT2D eigenvalue weighted by atomic mass is 32.2. The van der Waals surface area contributed by atoms with Gasteiger partial charge in [-0.3, -0.25) is 14.6 Å². The standard InChI is InChI=1S/C26H31FN4O4S2/c27-21-6-8-22(9-7-21)37(33,34)30-14-10-20(11-15-30)25(32)31(13-3-12-29-16-18-35-19-17-29)26-28-23-4-1-2-5-24(23)36-26/h1-2,4-9,20H,3,10-19H2. The van der Waals surface area contributed by atoms with Gasteiger partial charge in [0.2, 0.25) is 15.9 Å². The number of amides is 1. The number of fused-ring (bicyclic) bond motifs is 1. The number of aromatic nitrogens is 1. The number of hydrogen-bond acceptors (Lipinski definition) is 7. The van der Waals surface area contributed by atoms with E-state index in [1.54, 1.807) is 4.90 Å². The Hall–Kier alpha value is -2.44. The second kappa shape index (κ2) is 11.5. The Labute approximate surface area is 220 Å². The summed E-state index contributed by atoms with van der Waals surface area (Å²) in [6, 6.07) is 12.7. The van der Waals surface area contributed by atoms with Crippen LogP contribution in [-0.4, -0.2) is 81.0 Å². The van der Waals surface area contributed by atoms with Crippen molar-refractivity contribution in [3.63, 3.8) is 0 Å². The largest absolute Gasteiger partial charge is 0.379 e. The highest BCUT2D eigenvalue weighted by Gasteiger charge is 2.35. The van der Waals surface area contributed by atoms with Gasteiger partial charge in [0.25, 0.3) is 0 Å². The molecule has 37 heavy (non-hydrogen) atoms.